The molecule has 60 heavy (non-hydrogen) atoms. The molecular formula is C44H57F2N5O8Si. The van der Waals surface area contributed by atoms with Gasteiger partial charge in [-0.25, -0.2) is 13.6 Å². The molecule has 13 nitrogen and oxygen atoms in total. The summed E-state index contributed by atoms with van der Waals surface area (Å²) in [5, 5.41) is 15.6. The number of nitrogens with one attached hydrogen (secondary N) is 2. The predicted molar refractivity (Wildman–Crippen MR) is 225 cm³/mol. The number of amides is 5. The molecule has 2 heterocycles. The van der Waals surface area contributed by atoms with E-state index in [4.69, 9.17) is 4.74 Å². The summed E-state index contributed by atoms with van der Waals surface area (Å²) in [7, 11) is -1.57. The van der Waals surface area contributed by atoms with Gasteiger partial charge in [-0.15, -0.1) is 0 Å². The zero-order valence-electron chi connectivity index (χ0n) is 35.4. The Bertz CT molecular complexity index is 2040. The van der Waals surface area contributed by atoms with Crippen molar-refractivity contribution in [2.45, 2.75) is 97.3 Å². The van der Waals surface area contributed by atoms with Gasteiger partial charge in [0.15, 0.2) is 5.78 Å². The third kappa shape index (κ3) is 13.0. The summed E-state index contributed by atoms with van der Waals surface area (Å²) in [5.74, 6) is -4.12. The first-order chi connectivity index (χ1) is 28.2. The van der Waals surface area contributed by atoms with E-state index in [1.807, 2.05) is 55.7 Å². The van der Waals surface area contributed by atoms with Gasteiger partial charge in [-0.2, -0.15) is 0 Å². The second-order valence-corrected chi connectivity index (χ2v) is 22.9. The first-order valence-electron chi connectivity index (χ1n) is 20.1. The topological polar surface area (TPSA) is 167 Å². The average Bonchev–Trinajstić information content (AvgIpc) is 3.74. The molecule has 0 saturated carbocycles. The van der Waals surface area contributed by atoms with Crippen LogP contribution in [0, 0.1) is 17.0 Å². The number of ketones is 1. The van der Waals surface area contributed by atoms with Gasteiger partial charge in [-0.05, 0) is 61.1 Å². The lowest BCUT2D eigenvalue weighted by atomic mass is 9.82. The van der Waals surface area contributed by atoms with Gasteiger partial charge in [0, 0.05) is 69.3 Å². The van der Waals surface area contributed by atoms with Crippen LogP contribution in [0.5, 0.6) is 0 Å². The van der Waals surface area contributed by atoms with E-state index in [0.717, 1.165) is 40.8 Å². The van der Waals surface area contributed by atoms with Crippen molar-refractivity contribution in [3.8, 4) is 11.1 Å². The van der Waals surface area contributed by atoms with Gasteiger partial charge < -0.3 is 29.9 Å². The van der Waals surface area contributed by atoms with Crippen LogP contribution in [-0.2, 0) is 35.3 Å². The van der Waals surface area contributed by atoms with E-state index in [2.05, 4.69) is 30.3 Å². The molecule has 3 atom stereocenters. The molecule has 0 aliphatic carbocycles. The van der Waals surface area contributed by atoms with Gasteiger partial charge in [-0.3, -0.25) is 28.9 Å². The van der Waals surface area contributed by atoms with Crippen LogP contribution in [-0.4, -0.2) is 101 Å². The third-order valence-electron chi connectivity index (χ3n) is 10.2. The zero-order chi connectivity index (χ0) is 44.4. The minimum absolute atomic E-state index is 0.0268. The number of rotatable bonds is 20. The Hall–Kier alpha value is -5.48. The number of hydrogen-bond acceptors (Lipinski definition) is 8. The van der Waals surface area contributed by atoms with Crippen molar-refractivity contribution in [2.24, 2.45) is 5.41 Å². The van der Waals surface area contributed by atoms with Crippen molar-refractivity contribution in [1.82, 2.24) is 25.0 Å². The Balaban J connectivity index is 1.62. The molecule has 5 amide bonds. The van der Waals surface area contributed by atoms with E-state index >= 15 is 4.39 Å². The summed E-state index contributed by atoms with van der Waals surface area (Å²) >= 11 is 0. The van der Waals surface area contributed by atoms with Gasteiger partial charge in [0.25, 0.3) is 11.8 Å². The van der Waals surface area contributed by atoms with Crippen LogP contribution in [0.25, 0.3) is 11.1 Å². The number of benzene rings is 2. The molecule has 1 aromatic heterocycles. The van der Waals surface area contributed by atoms with E-state index in [-0.39, 0.29) is 44.5 Å². The molecule has 3 N–H and O–H groups in total. The molecule has 1 aliphatic rings. The lowest BCUT2D eigenvalue weighted by Crippen LogP contribution is -2.48. The predicted octanol–water partition coefficient (Wildman–Crippen LogP) is 5.99. The Labute approximate surface area is 351 Å². The number of carbonyl (C=O) groups is 6. The number of Topliss-reactive ketones (excluding diaryl/α,β-unsaturated/α-hetero) is 1. The fourth-order valence-electron chi connectivity index (χ4n) is 7.02. The summed E-state index contributed by atoms with van der Waals surface area (Å²) in [5.41, 5.74) is 1.13. The number of nitrogens with zero attached hydrogens (tertiary/aromatic N) is 3. The number of aromatic nitrogens is 1. The fraction of sp³-hybridized carbons (Fsp3) is 0.455. The molecule has 0 saturated heterocycles. The largest absolute Gasteiger partial charge is 0.450 e. The summed E-state index contributed by atoms with van der Waals surface area (Å²) in [6.07, 6.45) is 3.02. The van der Waals surface area contributed by atoms with Crippen LogP contribution in [0.4, 0.5) is 13.6 Å². The number of aliphatic hydroxyl groups is 1. The summed E-state index contributed by atoms with van der Waals surface area (Å²) < 4.78 is 37.0. The van der Waals surface area contributed by atoms with Crippen LogP contribution in [0.3, 0.4) is 0 Å². The minimum Gasteiger partial charge on any atom is -0.450 e. The van der Waals surface area contributed by atoms with Crippen LogP contribution < -0.4 is 10.6 Å². The number of imide groups is 1. The molecule has 0 unspecified atom stereocenters. The van der Waals surface area contributed by atoms with E-state index in [1.165, 1.54) is 11.8 Å². The molecule has 0 bridgehead atoms. The third-order valence-corrected chi connectivity index (χ3v) is 11.9. The molecule has 2 aromatic carbocycles. The molecule has 0 spiro atoms. The second-order valence-electron chi connectivity index (χ2n) is 17.3. The van der Waals surface area contributed by atoms with Gasteiger partial charge in [0.2, 0.25) is 11.8 Å². The number of hydrogen-bond donors (Lipinski definition) is 3. The van der Waals surface area contributed by atoms with Crippen molar-refractivity contribution < 1.29 is 47.4 Å². The number of aliphatic hydroxyl groups excluding tert-OH is 1. The van der Waals surface area contributed by atoms with Crippen LogP contribution in [0.2, 0.25) is 25.7 Å². The van der Waals surface area contributed by atoms with Crippen molar-refractivity contribution in [3.05, 3.63) is 95.8 Å². The average molecular weight is 850 g/mol. The summed E-state index contributed by atoms with van der Waals surface area (Å²) in [6.45, 7) is 13.0. The lowest BCUT2D eigenvalue weighted by molar-refractivity contribution is -0.144. The number of carbonyl (C=O) groups excluding carboxylic acids is 6. The van der Waals surface area contributed by atoms with Gasteiger partial charge in [0.05, 0.1) is 18.7 Å². The van der Waals surface area contributed by atoms with E-state index in [0.29, 0.717) is 23.8 Å². The maximum atomic E-state index is 15.2. The fourth-order valence-corrected chi connectivity index (χ4v) is 7.74. The van der Waals surface area contributed by atoms with Gasteiger partial charge >= 0.3 is 6.09 Å². The lowest BCUT2D eigenvalue weighted by Gasteiger charge is -2.41. The Morgan fingerprint density at radius 2 is 1.63 bits per heavy atom. The first kappa shape index (κ1) is 47.2. The molecule has 0 fully saturated rings. The minimum atomic E-state index is -1.57. The maximum Gasteiger partial charge on any atom is 0.407 e. The summed E-state index contributed by atoms with van der Waals surface area (Å²) in [4.78, 5) is 79.8. The SMILES string of the molecule is C[C@H](C(=O)NCCCC(=O)[C@H](CCN(C(=O)CO)[C@@H](c1cc(-c2cc(F)ccc2F)cn1Cc1ccccc1)C(C)(C)C)NC(=O)OCC[Si](C)(C)C)N1C(=O)C=CC1=O. The summed E-state index contributed by atoms with van der Waals surface area (Å²) in [6, 6.07) is 12.0. The monoisotopic (exact) mass is 849 g/mol. The van der Waals surface area contributed by atoms with E-state index in [1.54, 1.807) is 12.3 Å². The highest BCUT2D eigenvalue weighted by Crippen LogP contribution is 2.41. The molecule has 0 radical (unpaired) electrons. The molecule has 1 aliphatic heterocycles. The molecule has 324 valence electrons. The van der Waals surface area contributed by atoms with Crippen LogP contribution in [0.15, 0.2) is 72.9 Å². The van der Waals surface area contributed by atoms with Crippen molar-refractivity contribution in [1.29, 1.82) is 0 Å². The number of alkyl carbamates (subject to hydrolysis) is 1. The van der Waals surface area contributed by atoms with Gasteiger partial charge in [-0.1, -0.05) is 70.7 Å². The van der Waals surface area contributed by atoms with Crippen molar-refractivity contribution in [3.63, 3.8) is 0 Å². The number of halogens is 2. The van der Waals surface area contributed by atoms with Gasteiger partial charge in [0.1, 0.15) is 24.3 Å². The highest BCUT2D eigenvalue weighted by Gasteiger charge is 2.38. The van der Waals surface area contributed by atoms with Crippen LogP contribution in [0.1, 0.15) is 64.3 Å². The van der Waals surface area contributed by atoms with Crippen LogP contribution >= 0.6 is 0 Å². The number of ether oxygens (including phenoxy) is 1. The Kier molecular flexibility index (Phi) is 16.3. The standard InChI is InChI=1S/C44H57F2N5O8Si/c1-29(51-38(54)17-18-39(51)55)42(57)47-20-11-14-37(53)35(48-43(58)59-22-23-60(5,6)7)19-21-50(40(56)28-52)41(44(2,3)4)36-24-31(33-25-32(45)15-16-34(33)46)27-49(36)26-30-12-9-8-10-13-30/h8-10,12-13,15-18,24-25,27,29,35,41,52H,11,14,19-23,26,28H2,1-7H3,(H,47,57)(H,48,58)/t29-,35+,41+/m1/s1. The Morgan fingerprint density at radius 3 is 2.25 bits per heavy atom. The van der Waals surface area contributed by atoms with Crippen molar-refractivity contribution in [2.75, 3.05) is 26.3 Å². The molecule has 16 heteroatoms. The first-order valence-corrected chi connectivity index (χ1v) is 23.8. The molecule has 4 rings (SSSR count). The maximum absolute atomic E-state index is 15.2. The normalized spacial score (nSPS) is 14.5. The Morgan fingerprint density at radius 1 is 0.967 bits per heavy atom. The molecule has 3 aromatic rings. The molecular weight excluding hydrogens is 793 g/mol. The van der Waals surface area contributed by atoms with E-state index in [9.17, 15) is 38.3 Å². The highest BCUT2D eigenvalue weighted by molar-refractivity contribution is 6.76. The second kappa shape index (κ2) is 20.7. The highest BCUT2D eigenvalue weighted by atomic mass is 28.3. The van der Waals surface area contributed by atoms with E-state index < -0.39 is 85.4 Å². The van der Waals surface area contributed by atoms with Crippen molar-refractivity contribution >= 4 is 43.6 Å². The quantitative estimate of drug-likeness (QED) is 0.0709. The zero-order valence-corrected chi connectivity index (χ0v) is 36.4. The smallest absolute Gasteiger partial charge is 0.407 e.